The average Bonchev–Trinajstić information content (AvgIpc) is 2.54. The molecular formula is C17H25N3O2. The molecule has 0 aliphatic carbocycles. The van der Waals surface area contributed by atoms with Crippen molar-refractivity contribution in [3.63, 3.8) is 0 Å². The molecule has 2 atom stereocenters. The number of amides is 3. The van der Waals surface area contributed by atoms with Crippen molar-refractivity contribution in [1.82, 2.24) is 10.2 Å². The van der Waals surface area contributed by atoms with Crippen LogP contribution in [0.4, 0.5) is 4.79 Å². The average molecular weight is 303 g/mol. The Morgan fingerprint density at radius 2 is 2.09 bits per heavy atom. The smallest absolute Gasteiger partial charge is 0.317 e. The van der Waals surface area contributed by atoms with Crippen LogP contribution >= 0.6 is 0 Å². The molecule has 0 radical (unpaired) electrons. The number of hydrogen-bond donors (Lipinski definition) is 2. The minimum atomic E-state index is -0.311. The third-order valence-electron chi connectivity index (χ3n) is 4.19. The van der Waals surface area contributed by atoms with Gasteiger partial charge in [-0.25, -0.2) is 4.79 Å². The predicted octanol–water partition coefficient (Wildman–Crippen LogP) is 1.91. The Morgan fingerprint density at radius 3 is 2.77 bits per heavy atom. The molecule has 0 saturated carbocycles. The van der Waals surface area contributed by atoms with Crippen LogP contribution in [-0.2, 0) is 11.2 Å². The largest absolute Gasteiger partial charge is 0.369 e. The van der Waals surface area contributed by atoms with Crippen molar-refractivity contribution in [3.05, 3.63) is 35.9 Å². The lowest BCUT2D eigenvalue weighted by molar-refractivity contribution is -0.123. The fourth-order valence-corrected chi connectivity index (χ4v) is 2.80. The van der Waals surface area contributed by atoms with Gasteiger partial charge in [0.15, 0.2) is 0 Å². The molecule has 3 N–H and O–H groups in total. The fourth-order valence-electron chi connectivity index (χ4n) is 2.80. The van der Waals surface area contributed by atoms with Crippen LogP contribution in [0.3, 0.4) is 0 Å². The van der Waals surface area contributed by atoms with Crippen LogP contribution in [0.1, 0.15) is 31.7 Å². The number of nitrogens with one attached hydrogen (secondary N) is 1. The van der Waals surface area contributed by atoms with E-state index in [0.29, 0.717) is 13.1 Å². The van der Waals surface area contributed by atoms with Crippen molar-refractivity contribution >= 4 is 11.9 Å². The van der Waals surface area contributed by atoms with Gasteiger partial charge in [-0.05, 0) is 38.2 Å². The van der Waals surface area contributed by atoms with Crippen molar-refractivity contribution in [1.29, 1.82) is 0 Å². The maximum Gasteiger partial charge on any atom is 0.317 e. The van der Waals surface area contributed by atoms with Crippen LogP contribution < -0.4 is 11.1 Å². The van der Waals surface area contributed by atoms with Crippen molar-refractivity contribution in [2.45, 2.75) is 38.6 Å². The van der Waals surface area contributed by atoms with Gasteiger partial charge in [-0.3, -0.25) is 4.79 Å². The highest BCUT2D eigenvalue weighted by Crippen LogP contribution is 2.16. The van der Waals surface area contributed by atoms with Gasteiger partial charge in [0.05, 0.1) is 5.92 Å². The van der Waals surface area contributed by atoms with Crippen LogP contribution in [0.5, 0.6) is 0 Å². The molecule has 3 amide bonds. The van der Waals surface area contributed by atoms with Gasteiger partial charge in [-0.2, -0.15) is 0 Å². The Morgan fingerprint density at radius 1 is 1.36 bits per heavy atom. The molecule has 1 aromatic carbocycles. The number of aryl methyl sites for hydroxylation is 1. The number of nitrogens with two attached hydrogens (primary N) is 1. The third-order valence-corrected chi connectivity index (χ3v) is 4.19. The minimum absolute atomic E-state index is 0.0912. The molecule has 1 heterocycles. The Labute approximate surface area is 131 Å². The lowest BCUT2D eigenvalue weighted by atomic mass is 9.98. The molecule has 1 aliphatic rings. The van der Waals surface area contributed by atoms with E-state index in [9.17, 15) is 9.59 Å². The van der Waals surface area contributed by atoms with E-state index in [4.69, 9.17) is 5.73 Å². The molecule has 1 aliphatic heterocycles. The summed E-state index contributed by atoms with van der Waals surface area (Å²) in [4.78, 5) is 25.2. The topological polar surface area (TPSA) is 75.4 Å². The van der Waals surface area contributed by atoms with Gasteiger partial charge in [0.1, 0.15) is 0 Å². The number of likely N-dealkylation sites (tertiary alicyclic amines) is 1. The summed E-state index contributed by atoms with van der Waals surface area (Å²) in [6.07, 6.45) is 3.44. The van der Waals surface area contributed by atoms with Gasteiger partial charge in [-0.1, -0.05) is 30.3 Å². The maximum absolute atomic E-state index is 12.3. The molecule has 120 valence electrons. The first-order valence-electron chi connectivity index (χ1n) is 7.95. The summed E-state index contributed by atoms with van der Waals surface area (Å²) in [5.74, 6) is -0.520. The van der Waals surface area contributed by atoms with E-state index in [2.05, 4.69) is 17.4 Å². The number of carbonyl (C=O) groups is 2. The van der Waals surface area contributed by atoms with E-state index >= 15 is 0 Å². The molecule has 0 bridgehead atoms. The van der Waals surface area contributed by atoms with Gasteiger partial charge in [0.2, 0.25) is 5.91 Å². The first-order valence-corrected chi connectivity index (χ1v) is 7.95. The second kappa shape index (κ2) is 7.82. The zero-order valence-corrected chi connectivity index (χ0v) is 13.1. The van der Waals surface area contributed by atoms with Crippen LogP contribution in [0.25, 0.3) is 0 Å². The first-order chi connectivity index (χ1) is 10.6. The summed E-state index contributed by atoms with van der Waals surface area (Å²) in [6, 6.07) is 10.2. The van der Waals surface area contributed by atoms with E-state index in [0.717, 1.165) is 25.7 Å². The van der Waals surface area contributed by atoms with Crippen LogP contribution in [0, 0.1) is 5.92 Å². The summed E-state index contributed by atoms with van der Waals surface area (Å²) < 4.78 is 0. The maximum atomic E-state index is 12.3. The molecule has 5 nitrogen and oxygen atoms in total. The van der Waals surface area contributed by atoms with E-state index in [1.54, 1.807) is 4.90 Å². The SMILES string of the molecule is C[C@H](CCc1ccccc1)NC(=O)N1CCC[C@H](C(N)=O)C1. The number of benzene rings is 1. The number of rotatable bonds is 5. The summed E-state index contributed by atoms with van der Waals surface area (Å²) in [7, 11) is 0. The lowest BCUT2D eigenvalue weighted by Gasteiger charge is -2.32. The summed E-state index contributed by atoms with van der Waals surface area (Å²) >= 11 is 0. The van der Waals surface area contributed by atoms with Crippen LogP contribution in [-0.4, -0.2) is 36.0 Å². The van der Waals surface area contributed by atoms with Gasteiger partial charge in [0, 0.05) is 19.1 Å². The zero-order valence-electron chi connectivity index (χ0n) is 13.1. The van der Waals surface area contributed by atoms with Gasteiger partial charge in [-0.15, -0.1) is 0 Å². The Kier molecular flexibility index (Phi) is 5.81. The Balaban J connectivity index is 1.77. The normalized spacial score (nSPS) is 19.5. The zero-order chi connectivity index (χ0) is 15.9. The van der Waals surface area contributed by atoms with E-state index in [1.807, 2.05) is 25.1 Å². The van der Waals surface area contributed by atoms with Crippen molar-refractivity contribution in [2.75, 3.05) is 13.1 Å². The highest BCUT2D eigenvalue weighted by molar-refractivity contribution is 5.79. The number of primary amides is 1. The number of hydrogen-bond acceptors (Lipinski definition) is 2. The standard InChI is InChI=1S/C17H25N3O2/c1-13(9-10-14-6-3-2-4-7-14)19-17(22)20-11-5-8-15(12-20)16(18)21/h2-4,6-7,13,15H,5,8-12H2,1H3,(H2,18,21)(H,19,22)/t13-,15+/m1/s1. The van der Waals surface area contributed by atoms with E-state index in [1.165, 1.54) is 5.56 Å². The van der Waals surface area contributed by atoms with E-state index in [-0.39, 0.29) is 23.9 Å². The highest BCUT2D eigenvalue weighted by Gasteiger charge is 2.27. The third kappa shape index (κ3) is 4.76. The molecule has 0 aromatic heterocycles. The first kappa shape index (κ1) is 16.3. The summed E-state index contributed by atoms with van der Waals surface area (Å²) in [6.45, 7) is 3.14. The molecular weight excluding hydrogens is 278 g/mol. The summed E-state index contributed by atoms with van der Waals surface area (Å²) in [5.41, 5.74) is 6.62. The molecule has 2 rings (SSSR count). The van der Waals surface area contributed by atoms with Crippen molar-refractivity contribution in [2.24, 2.45) is 11.7 Å². The van der Waals surface area contributed by atoms with Crippen LogP contribution in [0.15, 0.2) is 30.3 Å². The highest BCUT2D eigenvalue weighted by atomic mass is 16.2. The second-order valence-electron chi connectivity index (χ2n) is 6.06. The molecule has 22 heavy (non-hydrogen) atoms. The summed E-state index contributed by atoms with van der Waals surface area (Å²) in [5, 5.41) is 3.01. The van der Waals surface area contributed by atoms with Gasteiger partial charge >= 0.3 is 6.03 Å². The number of urea groups is 1. The molecule has 0 spiro atoms. The lowest BCUT2D eigenvalue weighted by Crippen LogP contribution is -2.50. The Bertz CT molecular complexity index is 504. The minimum Gasteiger partial charge on any atom is -0.369 e. The fraction of sp³-hybridized carbons (Fsp3) is 0.529. The number of piperidine rings is 1. The molecule has 5 heteroatoms. The molecule has 1 saturated heterocycles. The van der Waals surface area contributed by atoms with Gasteiger partial charge < -0.3 is 16.0 Å². The molecule has 0 unspecified atom stereocenters. The van der Waals surface area contributed by atoms with Gasteiger partial charge in [0.25, 0.3) is 0 Å². The van der Waals surface area contributed by atoms with Crippen LogP contribution in [0.2, 0.25) is 0 Å². The number of nitrogens with zero attached hydrogens (tertiary/aromatic N) is 1. The second-order valence-corrected chi connectivity index (χ2v) is 6.06. The van der Waals surface area contributed by atoms with Crippen molar-refractivity contribution in [3.8, 4) is 0 Å². The predicted molar refractivity (Wildman–Crippen MR) is 86.2 cm³/mol. The quantitative estimate of drug-likeness (QED) is 0.872. The molecule has 1 aromatic rings. The van der Waals surface area contributed by atoms with E-state index < -0.39 is 0 Å². The molecule has 1 fully saturated rings. The van der Waals surface area contributed by atoms with Crippen molar-refractivity contribution < 1.29 is 9.59 Å². The Hall–Kier alpha value is -2.04. The number of carbonyl (C=O) groups excluding carboxylic acids is 2. The monoisotopic (exact) mass is 303 g/mol.